The van der Waals surface area contributed by atoms with Crippen molar-refractivity contribution in [1.29, 1.82) is 0 Å². The van der Waals surface area contributed by atoms with E-state index in [0.29, 0.717) is 12.6 Å². The highest BCUT2D eigenvalue weighted by Gasteiger charge is 2.51. The summed E-state index contributed by atoms with van der Waals surface area (Å²) in [5.41, 5.74) is 0. The van der Waals surface area contributed by atoms with E-state index < -0.39 is 6.10 Å². The number of aliphatic hydroxyl groups excluding tert-OH is 1. The molecule has 110 valence electrons. The van der Waals surface area contributed by atoms with Crippen LogP contribution in [0.15, 0.2) is 18.7 Å². The Morgan fingerprint density at radius 1 is 1.30 bits per heavy atom. The zero-order valence-electron chi connectivity index (χ0n) is 11.4. The van der Waals surface area contributed by atoms with E-state index in [9.17, 15) is 5.11 Å². The second-order valence-electron chi connectivity index (χ2n) is 6.04. The zero-order valence-corrected chi connectivity index (χ0v) is 11.4. The lowest BCUT2D eigenvalue weighted by atomic mass is 9.95. The molecule has 3 heterocycles. The molecule has 3 fully saturated rings. The zero-order chi connectivity index (χ0) is 13.5. The summed E-state index contributed by atoms with van der Waals surface area (Å²) in [4.78, 5) is 4.06. The van der Waals surface area contributed by atoms with Gasteiger partial charge in [0.05, 0.1) is 25.1 Å². The summed E-state index contributed by atoms with van der Waals surface area (Å²) < 4.78 is 13.5. The van der Waals surface area contributed by atoms with E-state index in [-0.39, 0.29) is 24.5 Å². The largest absolute Gasteiger partial charge is 0.389 e. The smallest absolute Gasteiger partial charge is 0.181 e. The van der Waals surface area contributed by atoms with Crippen LogP contribution in [0.5, 0.6) is 0 Å². The van der Waals surface area contributed by atoms with Crippen molar-refractivity contribution in [3.63, 3.8) is 0 Å². The SMILES string of the molecule is OC1C(NC2CCCC2)C2COC(O2)C1n1ccnc1. The van der Waals surface area contributed by atoms with E-state index in [4.69, 9.17) is 9.47 Å². The summed E-state index contributed by atoms with van der Waals surface area (Å²) in [7, 11) is 0. The fourth-order valence-corrected chi connectivity index (χ4v) is 3.73. The minimum atomic E-state index is -0.518. The van der Waals surface area contributed by atoms with Crippen molar-refractivity contribution < 1.29 is 14.6 Å². The standard InChI is InChI=1S/C14H21N3O3/c18-13-11(16-9-3-1-2-4-9)10-7-19-14(20-10)12(13)17-6-5-15-8-17/h5-6,8-14,16,18H,1-4,7H2. The number of aliphatic hydroxyl groups is 1. The van der Waals surface area contributed by atoms with Gasteiger partial charge in [0.15, 0.2) is 6.29 Å². The second-order valence-corrected chi connectivity index (χ2v) is 6.04. The number of imidazole rings is 1. The lowest BCUT2D eigenvalue weighted by molar-refractivity contribution is -0.166. The molecule has 2 bridgehead atoms. The van der Waals surface area contributed by atoms with Crippen molar-refractivity contribution in [3.8, 4) is 0 Å². The molecule has 5 unspecified atom stereocenters. The molecular weight excluding hydrogens is 258 g/mol. The predicted octanol–water partition coefficient (Wildman–Crippen LogP) is 0.441. The van der Waals surface area contributed by atoms with Crippen LogP contribution in [0.25, 0.3) is 0 Å². The van der Waals surface area contributed by atoms with Gasteiger partial charge in [0.1, 0.15) is 12.1 Å². The van der Waals surface area contributed by atoms with Crippen LogP contribution in [0.2, 0.25) is 0 Å². The first-order valence-corrected chi connectivity index (χ1v) is 7.51. The third-order valence-electron chi connectivity index (χ3n) is 4.78. The van der Waals surface area contributed by atoms with Crippen LogP contribution in [0.1, 0.15) is 31.7 Å². The first-order valence-electron chi connectivity index (χ1n) is 7.51. The molecule has 0 amide bonds. The Morgan fingerprint density at radius 2 is 2.15 bits per heavy atom. The topological polar surface area (TPSA) is 68.5 Å². The highest BCUT2D eigenvalue weighted by Crippen LogP contribution is 2.36. The van der Waals surface area contributed by atoms with Crippen molar-refractivity contribution in [2.75, 3.05) is 6.61 Å². The van der Waals surface area contributed by atoms with Crippen molar-refractivity contribution in [2.24, 2.45) is 0 Å². The van der Waals surface area contributed by atoms with Crippen molar-refractivity contribution >= 4 is 0 Å². The molecule has 2 saturated heterocycles. The normalized spacial score (nSPS) is 41.4. The fraction of sp³-hybridized carbons (Fsp3) is 0.786. The number of nitrogens with zero attached hydrogens (tertiary/aromatic N) is 2. The Balaban J connectivity index is 1.55. The quantitative estimate of drug-likeness (QED) is 0.840. The van der Waals surface area contributed by atoms with Gasteiger partial charge in [0.25, 0.3) is 0 Å². The molecule has 4 rings (SSSR count). The number of rotatable bonds is 3. The highest BCUT2D eigenvalue weighted by atomic mass is 16.7. The van der Waals surface area contributed by atoms with Gasteiger partial charge < -0.3 is 24.5 Å². The predicted molar refractivity (Wildman–Crippen MR) is 71.1 cm³/mol. The first-order chi connectivity index (χ1) is 9.83. The van der Waals surface area contributed by atoms with Gasteiger partial charge in [-0.15, -0.1) is 0 Å². The number of nitrogens with one attached hydrogen (secondary N) is 1. The molecule has 6 heteroatoms. The van der Waals surface area contributed by atoms with E-state index in [1.54, 1.807) is 12.5 Å². The van der Waals surface area contributed by atoms with Crippen LogP contribution < -0.4 is 5.32 Å². The van der Waals surface area contributed by atoms with Crippen LogP contribution in [0.3, 0.4) is 0 Å². The van der Waals surface area contributed by atoms with Crippen LogP contribution in [-0.4, -0.2) is 51.8 Å². The fourth-order valence-electron chi connectivity index (χ4n) is 3.73. The van der Waals surface area contributed by atoms with Gasteiger partial charge in [-0.05, 0) is 12.8 Å². The highest BCUT2D eigenvalue weighted by molar-refractivity contribution is 5.02. The molecule has 0 aromatic carbocycles. The van der Waals surface area contributed by atoms with Gasteiger partial charge in [0.2, 0.25) is 0 Å². The van der Waals surface area contributed by atoms with E-state index >= 15 is 0 Å². The van der Waals surface area contributed by atoms with Gasteiger partial charge in [0, 0.05) is 18.4 Å². The Hall–Kier alpha value is -0.950. The summed E-state index contributed by atoms with van der Waals surface area (Å²) >= 11 is 0. The van der Waals surface area contributed by atoms with E-state index in [1.165, 1.54) is 25.7 Å². The minimum absolute atomic E-state index is 0.0460. The second kappa shape index (κ2) is 5.11. The Morgan fingerprint density at radius 3 is 2.90 bits per heavy atom. The van der Waals surface area contributed by atoms with Crippen LogP contribution in [0, 0.1) is 0 Å². The average Bonchev–Trinajstić information content (AvgIpc) is 3.18. The van der Waals surface area contributed by atoms with Gasteiger partial charge >= 0.3 is 0 Å². The van der Waals surface area contributed by atoms with Crippen molar-refractivity contribution in [1.82, 2.24) is 14.9 Å². The summed E-state index contributed by atoms with van der Waals surface area (Å²) in [6, 6.07) is 0.207. The Labute approximate surface area is 118 Å². The monoisotopic (exact) mass is 279 g/mol. The summed E-state index contributed by atoms with van der Waals surface area (Å²) in [6.07, 6.45) is 9.28. The molecule has 1 aliphatic carbocycles. The van der Waals surface area contributed by atoms with Gasteiger partial charge in [-0.1, -0.05) is 12.8 Å². The Bertz CT molecular complexity index is 447. The van der Waals surface area contributed by atoms with E-state index in [1.807, 2.05) is 10.8 Å². The maximum atomic E-state index is 10.8. The molecule has 0 radical (unpaired) electrons. The molecule has 20 heavy (non-hydrogen) atoms. The number of hydrogen-bond donors (Lipinski definition) is 2. The molecule has 1 aromatic heterocycles. The van der Waals surface area contributed by atoms with E-state index in [0.717, 1.165) is 0 Å². The van der Waals surface area contributed by atoms with Gasteiger partial charge in [-0.3, -0.25) is 0 Å². The van der Waals surface area contributed by atoms with Crippen LogP contribution in [0.4, 0.5) is 0 Å². The molecular formula is C14H21N3O3. The molecule has 5 atom stereocenters. The lowest BCUT2D eigenvalue weighted by Gasteiger charge is -2.40. The molecule has 2 N–H and O–H groups in total. The molecule has 3 aliphatic rings. The summed E-state index contributed by atoms with van der Waals surface area (Å²) in [5.74, 6) is 0. The van der Waals surface area contributed by atoms with E-state index in [2.05, 4.69) is 10.3 Å². The molecule has 2 aliphatic heterocycles. The molecule has 1 aromatic rings. The van der Waals surface area contributed by atoms with Gasteiger partial charge in [-0.2, -0.15) is 0 Å². The molecule has 6 nitrogen and oxygen atoms in total. The Kier molecular flexibility index (Phi) is 3.26. The molecule has 0 spiro atoms. The average molecular weight is 279 g/mol. The third kappa shape index (κ3) is 2.07. The third-order valence-corrected chi connectivity index (χ3v) is 4.78. The maximum absolute atomic E-state index is 10.8. The van der Waals surface area contributed by atoms with Crippen molar-refractivity contribution in [3.05, 3.63) is 18.7 Å². The minimum Gasteiger partial charge on any atom is -0.389 e. The summed E-state index contributed by atoms with van der Waals surface area (Å²) in [6.45, 7) is 0.553. The number of fused-ring (bicyclic) bond motifs is 2. The van der Waals surface area contributed by atoms with Crippen LogP contribution >= 0.6 is 0 Å². The number of aromatic nitrogens is 2. The first kappa shape index (κ1) is 12.8. The van der Waals surface area contributed by atoms with Crippen molar-refractivity contribution in [2.45, 2.75) is 62.3 Å². The number of ether oxygens (including phenoxy) is 2. The maximum Gasteiger partial charge on any atom is 0.181 e. The summed E-state index contributed by atoms with van der Waals surface area (Å²) in [5, 5.41) is 14.4. The lowest BCUT2D eigenvalue weighted by Crippen LogP contribution is -2.59. The number of hydrogen-bond acceptors (Lipinski definition) is 5. The van der Waals surface area contributed by atoms with Gasteiger partial charge in [-0.25, -0.2) is 4.98 Å². The molecule has 1 saturated carbocycles. The van der Waals surface area contributed by atoms with Crippen LogP contribution in [-0.2, 0) is 9.47 Å².